The van der Waals surface area contributed by atoms with Gasteiger partial charge in [0.05, 0.1) is 11.5 Å². The Morgan fingerprint density at radius 3 is 2.28 bits per heavy atom. The molecule has 4 N–H and O–H groups in total. The fourth-order valence-corrected chi connectivity index (χ4v) is 3.85. The van der Waals surface area contributed by atoms with Gasteiger partial charge in [0.15, 0.2) is 0 Å². The lowest BCUT2D eigenvalue weighted by Gasteiger charge is -2.11. The van der Waals surface area contributed by atoms with E-state index in [-0.39, 0.29) is 17.3 Å². The monoisotopic (exact) mass is 452 g/mol. The molecule has 0 bridgehead atoms. The van der Waals surface area contributed by atoms with E-state index in [9.17, 15) is 13.2 Å². The Labute approximate surface area is 187 Å². The first-order chi connectivity index (χ1) is 15.4. The Morgan fingerprint density at radius 1 is 0.906 bits per heavy atom. The van der Waals surface area contributed by atoms with Crippen LogP contribution in [0.15, 0.2) is 83.8 Å². The summed E-state index contributed by atoms with van der Waals surface area (Å²) in [5, 5.41) is 13.2. The number of rotatable bonds is 8. The van der Waals surface area contributed by atoms with Crippen LogP contribution >= 0.6 is 0 Å². The third-order valence-corrected chi connectivity index (χ3v) is 5.82. The molecule has 3 aromatic carbocycles. The zero-order valence-corrected chi connectivity index (χ0v) is 18.3. The van der Waals surface area contributed by atoms with E-state index in [1.54, 1.807) is 31.2 Å². The fraction of sp³-hybridized carbons (Fsp3) is 0.130. The second-order valence-electron chi connectivity index (χ2n) is 6.76. The Balaban J connectivity index is 1.58. The van der Waals surface area contributed by atoms with Crippen LogP contribution in [-0.2, 0) is 21.3 Å². The van der Waals surface area contributed by atoms with Gasteiger partial charge in [0, 0.05) is 23.5 Å². The predicted molar refractivity (Wildman–Crippen MR) is 124 cm³/mol. The molecule has 0 aliphatic rings. The molecular formula is C23H24N4O4S. The number of ether oxygens (including phenoxy) is 1. The van der Waals surface area contributed by atoms with E-state index in [2.05, 4.69) is 15.4 Å². The van der Waals surface area contributed by atoms with Crippen molar-refractivity contribution in [3.05, 3.63) is 90.0 Å². The van der Waals surface area contributed by atoms with Gasteiger partial charge in [0.1, 0.15) is 0 Å². The minimum Gasteiger partial charge on any atom is -0.478 e. The number of nitrogens with one attached hydrogen (secondary N) is 4. The number of benzene rings is 3. The lowest BCUT2D eigenvalue weighted by molar-refractivity contribution is 0.262. The van der Waals surface area contributed by atoms with Gasteiger partial charge in [0.2, 0.25) is 15.9 Å². The van der Waals surface area contributed by atoms with Gasteiger partial charge in [-0.2, -0.15) is 0 Å². The number of carbonyl (C=O) groups excluding carboxylic acids is 1. The number of urea groups is 1. The maximum Gasteiger partial charge on any atom is 0.323 e. The average molecular weight is 453 g/mol. The SMILES string of the molecule is CCOC(=N)c1cccc(NC(=O)Nc2ccc(S(=O)(=O)NCc3ccccc3)cc2)c1. The molecule has 0 unspecified atom stereocenters. The van der Waals surface area contributed by atoms with Crippen molar-refractivity contribution >= 4 is 33.3 Å². The molecule has 0 heterocycles. The predicted octanol–water partition coefficient (Wildman–Crippen LogP) is 4.17. The van der Waals surface area contributed by atoms with E-state index in [0.717, 1.165) is 5.56 Å². The van der Waals surface area contributed by atoms with E-state index >= 15 is 0 Å². The maximum atomic E-state index is 12.5. The molecule has 0 saturated carbocycles. The fourth-order valence-electron chi connectivity index (χ4n) is 2.83. The number of hydrogen-bond acceptors (Lipinski definition) is 5. The highest BCUT2D eigenvalue weighted by Gasteiger charge is 2.14. The van der Waals surface area contributed by atoms with Crippen molar-refractivity contribution in [1.29, 1.82) is 5.41 Å². The molecule has 0 aromatic heterocycles. The van der Waals surface area contributed by atoms with Crippen molar-refractivity contribution in [2.24, 2.45) is 0 Å². The van der Waals surface area contributed by atoms with Crippen molar-refractivity contribution in [3.63, 3.8) is 0 Å². The van der Waals surface area contributed by atoms with Crippen LogP contribution in [0, 0.1) is 5.41 Å². The Kier molecular flexibility index (Phi) is 7.58. The van der Waals surface area contributed by atoms with E-state index in [1.165, 1.54) is 24.3 Å². The highest BCUT2D eigenvalue weighted by molar-refractivity contribution is 7.89. The average Bonchev–Trinajstić information content (AvgIpc) is 2.79. The van der Waals surface area contributed by atoms with Gasteiger partial charge in [-0.3, -0.25) is 5.41 Å². The van der Waals surface area contributed by atoms with Crippen LogP contribution < -0.4 is 15.4 Å². The van der Waals surface area contributed by atoms with Crippen LogP contribution in [-0.4, -0.2) is 27.0 Å². The molecule has 9 heteroatoms. The molecule has 8 nitrogen and oxygen atoms in total. The Morgan fingerprint density at radius 2 is 1.59 bits per heavy atom. The zero-order valence-electron chi connectivity index (χ0n) is 17.5. The first-order valence-corrected chi connectivity index (χ1v) is 11.4. The molecule has 0 saturated heterocycles. The smallest absolute Gasteiger partial charge is 0.323 e. The van der Waals surface area contributed by atoms with Crippen LogP contribution in [0.4, 0.5) is 16.2 Å². The number of carbonyl (C=O) groups is 1. The molecule has 3 rings (SSSR count). The summed E-state index contributed by atoms with van der Waals surface area (Å²) < 4.78 is 32.7. The van der Waals surface area contributed by atoms with Gasteiger partial charge >= 0.3 is 6.03 Å². The second kappa shape index (κ2) is 10.6. The minimum absolute atomic E-state index is 0.0224. The summed E-state index contributed by atoms with van der Waals surface area (Å²) in [6, 6.07) is 21.3. The molecule has 0 atom stereocenters. The molecule has 0 aliphatic carbocycles. The zero-order chi connectivity index (χ0) is 23.0. The summed E-state index contributed by atoms with van der Waals surface area (Å²) in [5.74, 6) is 0.0224. The van der Waals surface area contributed by atoms with Crippen LogP contribution in [0.1, 0.15) is 18.1 Å². The summed E-state index contributed by atoms with van der Waals surface area (Å²) >= 11 is 0. The van der Waals surface area contributed by atoms with Crippen LogP contribution in [0.5, 0.6) is 0 Å². The van der Waals surface area contributed by atoms with Crippen LogP contribution in [0.2, 0.25) is 0 Å². The molecule has 3 aromatic rings. The topological polar surface area (TPSA) is 120 Å². The molecule has 0 spiro atoms. The summed E-state index contributed by atoms with van der Waals surface area (Å²) in [6.07, 6.45) is 0. The van der Waals surface area contributed by atoms with E-state index in [4.69, 9.17) is 10.1 Å². The van der Waals surface area contributed by atoms with Crippen LogP contribution in [0.25, 0.3) is 0 Å². The third kappa shape index (κ3) is 6.40. The minimum atomic E-state index is -3.68. The van der Waals surface area contributed by atoms with Crippen LogP contribution in [0.3, 0.4) is 0 Å². The number of sulfonamides is 1. The normalized spacial score (nSPS) is 10.9. The van der Waals surface area contributed by atoms with Crippen molar-refractivity contribution in [3.8, 4) is 0 Å². The van der Waals surface area contributed by atoms with Gasteiger partial charge in [0.25, 0.3) is 0 Å². The molecular weight excluding hydrogens is 428 g/mol. The van der Waals surface area contributed by atoms with Gasteiger partial charge in [-0.25, -0.2) is 17.9 Å². The highest BCUT2D eigenvalue weighted by atomic mass is 32.2. The molecule has 0 radical (unpaired) electrons. The Bertz CT molecular complexity index is 1180. The Hall–Kier alpha value is -3.69. The van der Waals surface area contributed by atoms with Crippen molar-refractivity contribution in [2.45, 2.75) is 18.4 Å². The first-order valence-electron chi connectivity index (χ1n) is 9.91. The standard InChI is InChI=1S/C23H24N4O4S/c1-2-31-22(24)18-9-6-10-20(15-18)27-23(28)26-19-11-13-21(14-12-19)32(29,30)25-16-17-7-4-3-5-8-17/h3-15,24-25H,2,16H2,1H3,(H2,26,27,28). The molecule has 0 aliphatic heterocycles. The van der Waals surface area contributed by atoms with E-state index < -0.39 is 16.1 Å². The molecule has 2 amide bonds. The number of hydrogen-bond donors (Lipinski definition) is 4. The third-order valence-electron chi connectivity index (χ3n) is 4.40. The largest absolute Gasteiger partial charge is 0.478 e. The van der Waals surface area contributed by atoms with Gasteiger partial charge in [-0.05, 0) is 55.0 Å². The molecule has 0 fully saturated rings. The molecule has 166 valence electrons. The quantitative estimate of drug-likeness (QED) is 0.303. The van der Waals surface area contributed by atoms with Crippen molar-refractivity contribution < 1.29 is 17.9 Å². The summed E-state index contributed by atoms with van der Waals surface area (Å²) in [7, 11) is -3.68. The van der Waals surface area contributed by atoms with Gasteiger partial charge < -0.3 is 15.4 Å². The summed E-state index contributed by atoms with van der Waals surface area (Å²) in [4.78, 5) is 12.4. The first kappa shape index (κ1) is 23.0. The summed E-state index contributed by atoms with van der Waals surface area (Å²) in [6.45, 7) is 2.36. The lowest BCUT2D eigenvalue weighted by atomic mass is 10.2. The second-order valence-corrected chi connectivity index (χ2v) is 8.52. The van der Waals surface area contributed by atoms with Crippen molar-refractivity contribution in [1.82, 2.24) is 4.72 Å². The summed E-state index contributed by atoms with van der Waals surface area (Å²) in [5.41, 5.74) is 2.32. The van der Waals surface area contributed by atoms with E-state index in [0.29, 0.717) is 23.5 Å². The van der Waals surface area contributed by atoms with Gasteiger partial charge in [-0.1, -0.05) is 36.4 Å². The van der Waals surface area contributed by atoms with Crippen molar-refractivity contribution in [2.75, 3.05) is 17.2 Å². The molecule has 32 heavy (non-hydrogen) atoms. The van der Waals surface area contributed by atoms with E-state index in [1.807, 2.05) is 30.3 Å². The highest BCUT2D eigenvalue weighted by Crippen LogP contribution is 2.16. The number of anilines is 2. The van der Waals surface area contributed by atoms with Gasteiger partial charge in [-0.15, -0.1) is 0 Å². The maximum absolute atomic E-state index is 12.5. The lowest BCUT2D eigenvalue weighted by Crippen LogP contribution is -2.23. The number of amides is 2.